The number of thioether (sulfide) groups is 1. The van der Waals surface area contributed by atoms with E-state index in [1.54, 1.807) is 22.7 Å². The highest BCUT2D eigenvalue weighted by molar-refractivity contribution is 8.23. The number of allylic oxidation sites excluding steroid dienone is 3. The number of aliphatic hydroxyl groups is 1. The number of amides is 1. The highest BCUT2D eigenvalue weighted by Gasteiger charge is 2.34. The summed E-state index contributed by atoms with van der Waals surface area (Å²) in [7, 11) is 0. The maximum absolute atomic E-state index is 12.7. The van der Waals surface area contributed by atoms with Gasteiger partial charge in [-0.25, -0.2) is 0 Å². The fourth-order valence-electron chi connectivity index (χ4n) is 2.84. The minimum Gasteiger partial charge on any atom is -0.388 e. The van der Waals surface area contributed by atoms with Gasteiger partial charge in [-0.2, -0.15) is 0 Å². The Kier molecular flexibility index (Phi) is 7.88. The molecule has 25 heavy (non-hydrogen) atoms. The number of rotatable bonds is 7. The summed E-state index contributed by atoms with van der Waals surface area (Å²) in [5.74, 6) is 0.713. The largest absolute Gasteiger partial charge is 0.388 e. The molecule has 0 aromatic heterocycles. The van der Waals surface area contributed by atoms with Gasteiger partial charge in [0.15, 0.2) is 0 Å². The first-order valence-corrected chi connectivity index (χ1v) is 9.90. The van der Waals surface area contributed by atoms with Gasteiger partial charge in [-0.1, -0.05) is 78.1 Å². The molecule has 1 amide bonds. The summed E-state index contributed by atoms with van der Waals surface area (Å²) < 4.78 is 0.618. The van der Waals surface area contributed by atoms with E-state index in [2.05, 4.69) is 12.1 Å². The smallest absolute Gasteiger partial charge is 0.231 e. The number of benzene rings is 1. The summed E-state index contributed by atoms with van der Waals surface area (Å²) in [6, 6.07) is 10.2. The van der Waals surface area contributed by atoms with Crippen LogP contribution in [0.3, 0.4) is 0 Å². The molecule has 1 N–H and O–H groups in total. The molecule has 5 heteroatoms. The molecule has 134 valence electrons. The summed E-state index contributed by atoms with van der Waals surface area (Å²) in [5, 5.41) is 10.2. The van der Waals surface area contributed by atoms with Crippen LogP contribution in [0.25, 0.3) is 0 Å². The molecular formula is C20H25NO2S2. The van der Waals surface area contributed by atoms with Crippen LogP contribution in [-0.4, -0.2) is 38.1 Å². The Labute approximate surface area is 159 Å². The molecule has 0 bridgehead atoms. The first-order valence-electron chi connectivity index (χ1n) is 8.50. The standard InChI is InChI=1S/C20H25NO2S2/c1-3-4-8-15(2)11-18(22)13-19(23)21-17(14-25-20(21)24)12-16-9-6-5-7-10-16/h3-7,9-11,17-18,22H,8,12-14H2,1-2H3/b4-3+,15-11-/t17-,18-/m0/s1. The van der Waals surface area contributed by atoms with Crippen molar-refractivity contribution >= 4 is 34.2 Å². The average molecular weight is 376 g/mol. The van der Waals surface area contributed by atoms with Crippen LogP contribution in [0.1, 0.15) is 32.3 Å². The molecule has 2 atom stereocenters. The van der Waals surface area contributed by atoms with E-state index in [4.69, 9.17) is 12.2 Å². The van der Waals surface area contributed by atoms with Gasteiger partial charge >= 0.3 is 0 Å². The predicted octanol–water partition coefficient (Wildman–Crippen LogP) is 4.12. The third-order valence-corrected chi connectivity index (χ3v) is 5.63. The molecule has 1 fully saturated rings. The minimum absolute atomic E-state index is 0.0627. The molecule has 3 nitrogen and oxygen atoms in total. The molecule has 0 unspecified atom stereocenters. The van der Waals surface area contributed by atoms with E-state index >= 15 is 0 Å². The van der Waals surface area contributed by atoms with E-state index in [-0.39, 0.29) is 18.4 Å². The van der Waals surface area contributed by atoms with Crippen molar-refractivity contribution < 1.29 is 9.90 Å². The maximum Gasteiger partial charge on any atom is 0.231 e. The lowest BCUT2D eigenvalue weighted by atomic mass is 10.1. The van der Waals surface area contributed by atoms with E-state index < -0.39 is 6.10 Å². The van der Waals surface area contributed by atoms with E-state index in [1.807, 2.05) is 44.2 Å². The van der Waals surface area contributed by atoms with Crippen molar-refractivity contribution in [1.29, 1.82) is 0 Å². The molecule has 2 rings (SSSR count). The topological polar surface area (TPSA) is 40.5 Å². The first-order chi connectivity index (χ1) is 12.0. The second-order valence-corrected chi connectivity index (χ2v) is 7.90. The van der Waals surface area contributed by atoms with Gasteiger partial charge in [0.05, 0.1) is 18.6 Å². The van der Waals surface area contributed by atoms with Crippen LogP contribution in [0.5, 0.6) is 0 Å². The van der Waals surface area contributed by atoms with Crippen molar-refractivity contribution in [2.45, 2.75) is 45.3 Å². The molecule has 0 spiro atoms. The van der Waals surface area contributed by atoms with Crippen LogP contribution in [-0.2, 0) is 11.2 Å². The van der Waals surface area contributed by atoms with Gasteiger partial charge in [-0.05, 0) is 32.3 Å². The predicted molar refractivity (Wildman–Crippen MR) is 110 cm³/mol. The van der Waals surface area contributed by atoms with E-state index in [0.717, 1.165) is 24.2 Å². The average Bonchev–Trinajstić information content (AvgIpc) is 2.94. The third kappa shape index (κ3) is 6.10. The normalized spacial score (nSPS) is 19.6. The SMILES string of the molecule is C/C=C/C/C(C)=C\[C@H](O)CC(=O)N1C(=S)SC[C@@H]1Cc1ccccc1. The number of aliphatic hydroxyl groups excluding tert-OH is 1. The number of carbonyl (C=O) groups excluding carboxylic acids is 1. The van der Waals surface area contributed by atoms with Crippen LogP contribution in [0.2, 0.25) is 0 Å². The maximum atomic E-state index is 12.7. The van der Waals surface area contributed by atoms with Crippen LogP contribution in [0, 0.1) is 0 Å². The monoisotopic (exact) mass is 375 g/mol. The van der Waals surface area contributed by atoms with Crippen molar-refractivity contribution in [2.75, 3.05) is 5.75 Å². The first kappa shape index (κ1) is 19.9. The molecule has 1 aliphatic heterocycles. The molecule has 1 saturated heterocycles. The molecule has 1 aromatic rings. The molecule has 0 aliphatic carbocycles. The number of hydrogen-bond donors (Lipinski definition) is 1. The summed E-state index contributed by atoms with van der Waals surface area (Å²) in [6.07, 6.45) is 6.63. The molecular weight excluding hydrogens is 350 g/mol. The van der Waals surface area contributed by atoms with Crippen LogP contribution in [0.4, 0.5) is 0 Å². The van der Waals surface area contributed by atoms with Crippen molar-refractivity contribution in [2.24, 2.45) is 0 Å². The van der Waals surface area contributed by atoms with Crippen molar-refractivity contribution in [3.05, 3.63) is 59.7 Å². The van der Waals surface area contributed by atoms with Crippen LogP contribution in [0.15, 0.2) is 54.1 Å². The number of carbonyl (C=O) groups is 1. The van der Waals surface area contributed by atoms with Gasteiger partial charge in [0, 0.05) is 5.75 Å². The second-order valence-electron chi connectivity index (χ2n) is 6.24. The van der Waals surface area contributed by atoms with E-state index in [1.165, 1.54) is 5.56 Å². The van der Waals surface area contributed by atoms with Crippen molar-refractivity contribution in [3.8, 4) is 0 Å². The van der Waals surface area contributed by atoms with Gasteiger partial charge < -0.3 is 5.11 Å². The molecule has 1 aromatic carbocycles. The third-order valence-electron chi connectivity index (χ3n) is 4.08. The molecule has 0 saturated carbocycles. The minimum atomic E-state index is -0.775. The van der Waals surface area contributed by atoms with Crippen LogP contribution < -0.4 is 0 Å². The lowest BCUT2D eigenvalue weighted by Crippen LogP contribution is -2.41. The van der Waals surface area contributed by atoms with Gasteiger partial charge in [0.25, 0.3) is 0 Å². The number of thiocarbonyl (C=S) groups is 1. The Balaban J connectivity index is 1.99. The van der Waals surface area contributed by atoms with Gasteiger partial charge in [0.2, 0.25) is 5.91 Å². The zero-order valence-corrected chi connectivity index (χ0v) is 16.4. The molecule has 1 heterocycles. The lowest BCUT2D eigenvalue weighted by molar-refractivity contribution is -0.129. The molecule has 1 aliphatic rings. The summed E-state index contributed by atoms with van der Waals surface area (Å²) in [4.78, 5) is 14.4. The summed E-state index contributed by atoms with van der Waals surface area (Å²) in [6.45, 7) is 3.92. The zero-order chi connectivity index (χ0) is 18.2. The highest BCUT2D eigenvalue weighted by atomic mass is 32.2. The number of nitrogens with zero attached hydrogens (tertiary/aromatic N) is 1. The van der Waals surface area contributed by atoms with E-state index in [9.17, 15) is 9.90 Å². The zero-order valence-electron chi connectivity index (χ0n) is 14.7. The number of hydrogen-bond acceptors (Lipinski definition) is 4. The molecule has 0 radical (unpaired) electrons. The van der Waals surface area contributed by atoms with Gasteiger partial charge in [-0.15, -0.1) is 0 Å². The van der Waals surface area contributed by atoms with Crippen LogP contribution >= 0.6 is 24.0 Å². The van der Waals surface area contributed by atoms with E-state index in [0.29, 0.717) is 4.32 Å². The highest BCUT2D eigenvalue weighted by Crippen LogP contribution is 2.28. The second kappa shape index (κ2) is 9.90. The quantitative estimate of drug-likeness (QED) is 0.575. The Morgan fingerprint density at radius 3 is 2.84 bits per heavy atom. The van der Waals surface area contributed by atoms with Gasteiger partial charge in [-0.3, -0.25) is 9.69 Å². The van der Waals surface area contributed by atoms with Crippen molar-refractivity contribution in [3.63, 3.8) is 0 Å². The Morgan fingerprint density at radius 2 is 2.16 bits per heavy atom. The lowest BCUT2D eigenvalue weighted by Gasteiger charge is -2.24. The Hall–Kier alpha value is -1.43. The Morgan fingerprint density at radius 1 is 1.44 bits per heavy atom. The fraction of sp³-hybridized carbons (Fsp3) is 0.400. The van der Waals surface area contributed by atoms with Gasteiger partial charge in [0.1, 0.15) is 4.32 Å². The summed E-state index contributed by atoms with van der Waals surface area (Å²) in [5.41, 5.74) is 2.25. The fourth-order valence-corrected chi connectivity index (χ4v) is 4.29. The summed E-state index contributed by atoms with van der Waals surface area (Å²) >= 11 is 6.91. The Bertz CT molecular complexity index is 655. The van der Waals surface area contributed by atoms with Crippen molar-refractivity contribution in [1.82, 2.24) is 4.90 Å².